The predicted octanol–water partition coefficient (Wildman–Crippen LogP) is 0.252. The lowest BCUT2D eigenvalue weighted by atomic mass is 10.1. The van der Waals surface area contributed by atoms with Crippen molar-refractivity contribution in [2.75, 3.05) is 53.1 Å². The van der Waals surface area contributed by atoms with Crippen molar-refractivity contribution in [2.45, 2.75) is 19.3 Å². The van der Waals surface area contributed by atoms with Crippen LogP contribution in [0.4, 0.5) is 0 Å². The average molecular weight is 244 g/mol. The Morgan fingerprint density at radius 1 is 1.18 bits per heavy atom. The van der Waals surface area contributed by atoms with E-state index < -0.39 is 0 Å². The third-order valence-corrected chi connectivity index (χ3v) is 2.84. The zero-order valence-electron chi connectivity index (χ0n) is 10.7. The third-order valence-electron chi connectivity index (χ3n) is 2.84. The molecule has 0 saturated carbocycles. The molecule has 100 valence electrons. The van der Waals surface area contributed by atoms with Gasteiger partial charge in [0.1, 0.15) is 0 Å². The summed E-state index contributed by atoms with van der Waals surface area (Å²) < 4.78 is 10.1. The van der Waals surface area contributed by atoms with Crippen molar-refractivity contribution in [3.63, 3.8) is 0 Å². The van der Waals surface area contributed by atoms with Gasteiger partial charge in [-0.3, -0.25) is 4.79 Å². The molecule has 0 spiro atoms. The van der Waals surface area contributed by atoms with Gasteiger partial charge < -0.3 is 19.7 Å². The number of rotatable bonds is 8. The second-order valence-corrected chi connectivity index (χ2v) is 4.22. The predicted molar refractivity (Wildman–Crippen MR) is 66.0 cm³/mol. The largest absolute Gasteiger partial charge is 0.382 e. The fraction of sp³-hybridized carbons (Fsp3) is 0.917. The van der Waals surface area contributed by atoms with Crippen molar-refractivity contribution < 1.29 is 14.3 Å². The first kappa shape index (κ1) is 14.4. The Hall–Kier alpha value is -0.650. The molecule has 0 aromatic heterocycles. The van der Waals surface area contributed by atoms with Gasteiger partial charge in [-0.2, -0.15) is 0 Å². The molecule has 5 heteroatoms. The summed E-state index contributed by atoms with van der Waals surface area (Å²) in [5.74, 6) is 0.210. The van der Waals surface area contributed by atoms with Gasteiger partial charge in [-0.25, -0.2) is 0 Å². The summed E-state index contributed by atoms with van der Waals surface area (Å²) in [5, 5.41) is 3.10. The SMILES string of the molecule is COCCOCCNCC(=O)N1CCCCC1. The lowest BCUT2D eigenvalue weighted by molar-refractivity contribution is -0.131. The van der Waals surface area contributed by atoms with E-state index in [1.165, 1.54) is 6.42 Å². The summed E-state index contributed by atoms with van der Waals surface area (Å²) in [6.07, 6.45) is 3.54. The van der Waals surface area contributed by atoms with E-state index >= 15 is 0 Å². The highest BCUT2D eigenvalue weighted by atomic mass is 16.5. The smallest absolute Gasteiger partial charge is 0.236 e. The van der Waals surface area contributed by atoms with Crippen LogP contribution in [0.3, 0.4) is 0 Å². The quantitative estimate of drug-likeness (QED) is 0.622. The van der Waals surface area contributed by atoms with Crippen molar-refractivity contribution in [2.24, 2.45) is 0 Å². The van der Waals surface area contributed by atoms with Crippen molar-refractivity contribution in [3.8, 4) is 0 Å². The van der Waals surface area contributed by atoms with Crippen LogP contribution in [0.25, 0.3) is 0 Å². The minimum Gasteiger partial charge on any atom is -0.382 e. The van der Waals surface area contributed by atoms with E-state index in [4.69, 9.17) is 9.47 Å². The second kappa shape index (κ2) is 9.39. The Kier molecular flexibility index (Phi) is 7.96. The lowest BCUT2D eigenvalue weighted by Crippen LogP contribution is -2.41. The van der Waals surface area contributed by atoms with Crippen molar-refractivity contribution in [1.29, 1.82) is 0 Å². The number of amides is 1. The molecule has 0 bridgehead atoms. The lowest BCUT2D eigenvalue weighted by Gasteiger charge is -2.26. The van der Waals surface area contributed by atoms with E-state index in [2.05, 4.69) is 5.32 Å². The topological polar surface area (TPSA) is 50.8 Å². The molecule has 1 fully saturated rings. The first-order valence-electron chi connectivity index (χ1n) is 6.40. The zero-order valence-corrected chi connectivity index (χ0v) is 10.7. The van der Waals surface area contributed by atoms with Crippen LogP contribution in [0.1, 0.15) is 19.3 Å². The molecule has 0 aromatic carbocycles. The highest BCUT2D eigenvalue weighted by Crippen LogP contribution is 2.07. The fourth-order valence-corrected chi connectivity index (χ4v) is 1.84. The van der Waals surface area contributed by atoms with Crippen molar-refractivity contribution in [1.82, 2.24) is 10.2 Å². The Morgan fingerprint density at radius 2 is 1.94 bits per heavy atom. The van der Waals surface area contributed by atoms with E-state index in [1.807, 2.05) is 4.90 Å². The van der Waals surface area contributed by atoms with E-state index in [1.54, 1.807) is 7.11 Å². The highest BCUT2D eigenvalue weighted by Gasteiger charge is 2.15. The second-order valence-electron chi connectivity index (χ2n) is 4.22. The Morgan fingerprint density at radius 3 is 2.65 bits per heavy atom. The Bertz CT molecular complexity index is 206. The van der Waals surface area contributed by atoms with Crippen LogP contribution in [-0.2, 0) is 14.3 Å². The van der Waals surface area contributed by atoms with Gasteiger partial charge in [-0.1, -0.05) is 0 Å². The number of carbonyl (C=O) groups is 1. The molecule has 1 amide bonds. The van der Waals surface area contributed by atoms with Gasteiger partial charge in [-0.05, 0) is 19.3 Å². The van der Waals surface area contributed by atoms with Crippen LogP contribution >= 0.6 is 0 Å². The molecule has 1 saturated heterocycles. The maximum atomic E-state index is 11.7. The van der Waals surface area contributed by atoms with Crippen LogP contribution in [0.5, 0.6) is 0 Å². The van der Waals surface area contributed by atoms with E-state index in [-0.39, 0.29) is 5.91 Å². The molecule has 0 atom stereocenters. The number of likely N-dealkylation sites (tertiary alicyclic amines) is 1. The normalized spacial score (nSPS) is 16.2. The van der Waals surface area contributed by atoms with Gasteiger partial charge in [0, 0.05) is 26.7 Å². The molecule has 0 unspecified atom stereocenters. The van der Waals surface area contributed by atoms with Gasteiger partial charge in [0.05, 0.1) is 26.4 Å². The monoisotopic (exact) mass is 244 g/mol. The number of hydrogen-bond acceptors (Lipinski definition) is 4. The number of nitrogens with zero attached hydrogens (tertiary/aromatic N) is 1. The molecule has 1 heterocycles. The van der Waals surface area contributed by atoms with Gasteiger partial charge in [0.2, 0.25) is 5.91 Å². The van der Waals surface area contributed by atoms with Crippen LogP contribution in [-0.4, -0.2) is 63.9 Å². The first-order chi connectivity index (χ1) is 8.34. The Labute approximate surface area is 103 Å². The fourth-order valence-electron chi connectivity index (χ4n) is 1.84. The minimum atomic E-state index is 0.210. The van der Waals surface area contributed by atoms with E-state index in [0.717, 1.165) is 25.9 Å². The summed E-state index contributed by atoms with van der Waals surface area (Å²) in [7, 11) is 1.65. The zero-order chi connectivity index (χ0) is 12.3. The number of methoxy groups -OCH3 is 1. The molecule has 1 rings (SSSR count). The molecule has 17 heavy (non-hydrogen) atoms. The van der Waals surface area contributed by atoms with Gasteiger partial charge in [0.15, 0.2) is 0 Å². The Balaban J connectivity index is 1.92. The number of carbonyl (C=O) groups excluding carboxylic acids is 1. The molecule has 1 N–H and O–H groups in total. The van der Waals surface area contributed by atoms with Crippen LogP contribution in [0, 0.1) is 0 Å². The third kappa shape index (κ3) is 6.61. The first-order valence-corrected chi connectivity index (χ1v) is 6.40. The number of ether oxygens (including phenoxy) is 2. The summed E-state index contributed by atoms with van der Waals surface area (Å²) in [6, 6.07) is 0. The molecule has 0 aromatic rings. The van der Waals surface area contributed by atoms with E-state index in [9.17, 15) is 4.79 Å². The van der Waals surface area contributed by atoms with E-state index in [0.29, 0.717) is 32.9 Å². The number of nitrogens with one attached hydrogen (secondary N) is 1. The molecular formula is C12H24N2O3. The molecule has 1 aliphatic heterocycles. The van der Waals surface area contributed by atoms with Crippen LogP contribution in [0.2, 0.25) is 0 Å². The molecule has 0 radical (unpaired) electrons. The van der Waals surface area contributed by atoms with Gasteiger partial charge in [-0.15, -0.1) is 0 Å². The summed E-state index contributed by atoms with van der Waals surface area (Å²) in [4.78, 5) is 13.7. The standard InChI is InChI=1S/C12H24N2O3/c1-16-9-10-17-8-5-13-11-12(15)14-6-3-2-4-7-14/h13H,2-11H2,1H3. The van der Waals surface area contributed by atoms with Crippen molar-refractivity contribution >= 4 is 5.91 Å². The van der Waals surface area contributed by atoms with Crippen LogP contribution in [0.15, 0.2) is 0 Å². The minimum absolute atomic E-state index is 0.210. The van der Waals surface area contributed by atoms with Gasteiger partial charge in [0.25, 0.3) is 0 Å². The average Bonchev–Trinajstić information content (AvgIpc) is 2.38. The van der Waals surface area contributed by atoms with Gasteiger partial charge >= 0.3 is 0 Å². The molecule has 5 nitrogen and oxygen atoms in total. The summed E-state index contributed by atoms with van der Waals surface area (Å²) in [6.45, 7) is 4.83. The van der Waals surface area contributed by atoms with Crippen LogP contribution < -0.4 is 5.32 Å². The molecule has 0 aliphatic carbocycles. The number of piperidine rings is 1. The van der Waals surface area contributed by atoms with Crippen molar-refractivity contribution in [3.05, 3.63) is 0 Å². The number of hydrogen-bond donors (Lipinski definition) is 1. The summed E-state index contributed by atoms with van der Waals surface area (Å²) in [5.41, 5.74) is 0. The molecular weight excluding hydrogens is 220 g/mol. The maximum Gasteiger partial charge on any atom is 0.236 e. The highest BCUT2D eigenvalue weighted by molar-refractivity contribution is 5.78. The molecule has 1 aliphatic rings. The summed E-state index contributed by atoms with van der Waals surface area (Å²) >= 11 is 0. The maximum absolute atomic E-state index is 11.7.